The maximum Gasteiger partial charge on any atom is 0.249 e. The smallest absolute Gasteiger partial charge is 0.249 e. The summed E-state index contributed by atoms with van der Waals surface area (Å²) in [6, 6.07) is 16.3. The average molecular weight is 380 g/mol. The first kappa shape index (κ1) is 20.0. The molecule has 1 amide bonds. The molecule has 28 heavy (non-hydrogen) atoms. The molecule has 0 unspecified atom stereocenters. The van der Waals surface area contributed by atoms with E-state index in [2.05, 4.69) is 30.3 Å². The number of methoxy groups -OCH3 is 2. The van der Waals surface area contributed by atoms with Crippen LogP contribution < -0.4 is 9.47 Å². The summed E-state index contributed by atoms with van der Waals surface area (Å²) in [5, 5.41) is 0. The molecule has 1 aliphatic heterocycles. The van der Waals surface area contributed by atoms with Crippen molar-refractivity contribution in [1.82, 2.24) is 4.90 Å². The van der Waals surface area contributed by atoms with E-state index in [1.165, 1.54) is 5.56 Å². The van der Waals surface area contributed by atoms with Crippen molar-refractivity contribution in [2.45, 2.75) is 26.2 Å². The average Bonchev–Trinajstić information content (AvgIpc) is 2.74. The highest BCUT2D eigenvalue weighted by Gasteiger charge is 2.23. The van der Waals surface area contributed by atoms with E-state index in [4.69, 9.17) is 9.47 Å². The molecular formula is C24H29NO3. The third-order valence-electron chi connectivity index (χ3n) is 5.40. The van der Waals surface area contributed by atoms with Gasteiger partial charge in [-0.25, -0.2) is 0 Å². The SMILES string of the molecule is COc1ccc(/C=C(\C)C(=O)N2CCC(Cc3ccccc3)CC2)cc1OC. The number of hydrogen-bond acceptors (Lipinski definition) is 3. The topological polar surface area (TPSA) is 38.8 Å². The van der Waals surface area contributed by atoms with Gasteiger partial charge in [-0.3, -0.25) is 4.79 Å². The van der Waals surface area contributed by atoms with Crippen molar-refractivity contribution >= 4 is 12.0 Å². The third-order valence-corrected chi connectivity index (χ3v) is 5.40. The lowest BCUT2D eigenvalue weighted by molar-refractivity contribution is -0.128. The number of likely N-dealkylation sites (tertiary alicyclic amines) is 1. The zero-order valence-corrected chi connectivity index (χ0v) is 17.0. The maximum atomic E-state index is 12.8. The number of ether oxygens (including phenoxy) is 2. The predicted octanol–water partition coefficient (Wildman–Crippen LogP) is 4.59. The maximum absolute atomic E-state index is 12.8. The second kappa shape index (κ2) is 9.45. The monoisotopic (exact) mass is 379 g/mol. The highest BCUT2D eigenvalue weighted by molar-refractivity contribution is 5.97. The molecule has 3 rings (SSSR count). The molecule has 4 heteroatoms. The molecule has 1 heterocycles. The number of carbonyl (C=O) groups is 1. The van der Waals surface area contributed by atoms with Gasteiger partial charge in [-0.05, 0) is 61.4 Å². The number of piperidine rings is 1. The lowest BCUT2D eigenvalue weighted by Crippen LogP contribution is -2.39. The van der Waals surface area contributed by atoms with Crippen LogP contribution in [0.15, 0.2) is 54.1 Å². The molecule has 1 saturated heterocycles. The van der Waals surface area contributed by atoms with E-state index in [-0.39, 0.29) is 5.91 Å². The first-order valence-electron chi connectivity index (χ1n) is 9.84. The predicted molar refractivity (Wildman–Crippen MR) is 113 cm³/mol. The van der Waals surface area contributed by atoms with Crippen LogP contribution >= 0.6 is 0 Å². The molecule has 0 aromatic heterocycles. The third kappa shape index (κ3) is 4.94. The number of amides is 1. The number of carbonyl (C=O) groups excluding carboxylic acids is 1. The van der Waals surface area contributed by atoms with Gasteiger partial charge >= 0.3 is 0 Å². The van der Waals surface area contributed by atoms with Crippen molar-refractivity contribution in [3.63, 3.8) is 0 Å². The van der Waals surface area contributed by atoms with Gasteiger partial charge in [0.25, 0.3) is 0 Å². The Morgan fingerprint density at radius 2 is 1.71 bits per heavy atom. The van der Waals surface area contributed by atoms with Crippen molar-refractivity contribution < 1.29 is 14.3 Å². The summed E-state index contributed by atoms with van der Waals surface area (Å²) in [6.45, 7) is 3.54. The summed E-state index contributed by atoms with van der Waals surface area (Å²) in [7, 11) is 3.23. The number of hydrogen-bond donors (Lipinski definition) is 0. The molecule has 1 aliphatic rings. The molecule has 4 nitrogen and oxygen atoms in total. The first-order valence-corrected chi connectivity index (χ1v) is 9.84. The molecule has 0 atom stereocenters. The van der Waals surface area contributed by atoms with Gasteiger partial charge in [0, 0.05) is 18.7 Å². The van der Waals surface area contributed by atoms with Gasteiger partial charge in [-0.1, -0.05) is 36.4 Å². The Hall–Kier alpha value is -2.75. The molecule has 2 aromatic carbocycles. The van der Waals surface area contributed by atoms with Crippen molar-refractivity contribution in [3.05, 3.63) is 65.2 Å². The van der Waals surface area contributed by atoms with Gasteiger partial charge in [-0.2, -0.15) is 0 Å². The first-order chi connectivity index (χ1) is 13.6. The van der Waals surface area contributed by atoms with Crippen LogP contribution in [0.1, 0.15) is 30.9 Å². The second-order valence-electron chi connectivity index (χ2n) is 7.37. The van der Waals surface area contributed by atoms with Crippen LogP contribution in [0.3, 0.4) is 0 Å². The van der Waals surface area contributed by atoms with Gasteiger partial charge in [0.15, 0.2) is 11.5 Å². The minimum Gasteiger partial charge on any atom is -0.493 e. The molecular weight excluding hydrogens is 350 g/mol. The van der Waals surface area contributed by atoms with E-state index in [1.54, 1.807) is 14.2 Å². The van der Waals surface area contributed by atoms with E-state index < -0.39 is 0 Å². The van der Waals surface area contributed by atoms with E-state index >= 15 is 0 Å². The normalized spacial score (nSPS) is 15.4. The Bertz CT molecular complexity index is 821. The van der Waals surface area contributed by atoms with Crippen LogP contribution in [0.4, 0.5) is 0 Å². The largest absolute Gasteiger partial charge is 0.493 e. The zero-order chi connectivity index (χ0) is 19.9. The van der Waals surface area contributed by atoms with Gasteiger partial charge in [0.1, 0.15) is 0 Å². The van der Waals surface area contributed by atoms with Crippen LogP contribution in [0.2, 0.25) is 0 Å². The fourth-order valence-electron chi connectivity index (χ4n) is 3.79. The molecule has 148 valence electrons. The van der Waals surface area contributed by atoms with Crippen molar-refractivity contribution in [2.24, 2.45) is 5.92 Å². The quantitative estimate of drug-likeness (QED) is 0.689. The highest BCUT2D eigenvalue weighted by Crippen LogP contribution is 2.29. The summed E-state index contributed by atoms with van der Waals surface area (Å²) < 4.78 is 10.6. The van der Waals surface area contributed by atoms with Gasteiger partial charge in [0.2, 0.25) is 5.91 Å². The van der Waals surface area contributed by atoms with Crippen LogP contribution in [0, 0.1) is 5.92 Å². The fourth-order valence-corrected chi connectivity index (χ4v) is 3.79. The Labute approximate surface area is 167 Å². The Morgan fingerprint density at radius 3 is 2.36 bits per heavy atom. The van der Waals surface area contributed by atoms with E-state index in [0.29, 0.717) is 17.4 Å². The minimum absolute atomic E-state index is 0.118. The number of benzene rings is 2. The van der Waals surface area contributed by atoms with Crippen LogP contribution in [-0.2, 0) is 11.2 Å². The molecule has 0 spiro atoms. The second-order valence-corrected chi connectivity index (χ2v) is 7.37. The van der Waals surface area contributed by atoms with Gasteiger partial charge in [-0.15, -0.1) is 0 Å². The van der Waals surface area contributed by atoms with E-state index in [9.17, 15) is 4.79 Å². The van der Waals surface area contributed by atoms with Crippen LogP contribution in [0.25, 0.3) is 6.08 Å². The summed E-state index contributed by atoms with van der Waals surface area (Å²) >= 11 is 0. The Balaban J connectivity index is 1.59. The Morgan fingerprint density at radius 1 is 1.04 bits per heavy atom. The van der Waals surface area contributed by atoms with Crippen LogP contribution in [0.5, 0.6) is 11.5 Å². The summed E-state index contributed by atoms with van der Waals surface area (Å²) in [6.07, 6.45) is 5.14. The van der Waals surface area contributed by atoms with E-state index in [1.807, 2.05) is 36.1 Å². The fraction of sp³-hybridized carbons (Fsp3) is 0.375. The standard InChI is InChI=1S/C24H29NO3/c1-18(15-21-9-10-22(27-2)23(17-21)28-3)24(26)25-13-11-20(12-14-25)16-19-7-5-4-6-8-19/h4-10,15,17,20H,11-14,16H2,1-3H3/b18-15+. The van der Waals surface area contributed by atoms with E-state index in [0.717, 1.165) is 43.5 Å². The lowest BCUT2D eigenvalue weighted by atomic mass is 9.90. The summed E-state index contributed by atoms with van der Waals surface area (Å²) in [5.74, 6) is 2.12. The molecule has 0 bridgehead atoms. The summed E-state index contributed by atoms with van der Waals surface area (Å²) in [5.41, 5.74) is 3.06. The highest BCUT2D eigenvalue weighted by atomic mass is 16.5. The van der Waals surface area contributed by atoms with Crippen molar-refractivity contribution in [3.8, 4) is 11.5 Å². The van der Waals surface area contributed by atoms with Gasteiger partial charge in [0.05, 0.1) is 14.2 Å². The molecule has 0 N–H and O–H groups in total. The van der Waals surface area contributed by atoms with Crippen molar-refractivity contribution in [1.29, 1.82) is 0 Å². The lowest BCUT2D eigenvalue weighted by Gasteiger charge is -2.32. The molecule has 0 radical (unpaired) electrons. The number of rotatable bonds is 6. The molecule has 0 saturated carbocycles. The zero-order valence-electron chi connectivity index (χ0n) is 17.0. The number of nitrogens with zero attached hydrogens (tertiary/aromatic N) is 1. The van der Waals surface area contributed by atoms with Crippen LogP contribution in [-0.4, -0.2) is 38.1 Å². The van der Waals surface area contributed by atoms with Crippen molar-refractivity contribution in [2.75, 3.05) is 27.3 Å². The molecule has 0 aliphatic carbocycles. The Kier molecular flexibility index (Phi) is 6.75. The summed E-state index contributed by atoms with van der Waals surface area (Å²) in [4.78, 5) is 14.8. The molecule has 2 aromatic rings. The minimum atomic E-state index is 0.118. The van der Waals surface area contributed by atoms with Gasteiger partial charge < -0.3 is 14.4 Å². The molecule has 1 fully saturated rings.